The molecule has 10 heteroatoms. The summed E-state index contributed by atoms with van der Waals surface area (Å²) in [5.74, 6) is -0.198. The molecule has 1 aromatic carbocycles. The molecule has 2 aromatic rings. The number of halogens is 3. The topological polar surface area (TPSA) is 67.2 Å². The monoisotopic (exact) mass is 438 g/mol. The number of fused-ring (bicyclic) bond motifs is 1. The normalized spacial score (nSPS) is 23.7. The summed E-state index contributed by atoms with van der Waals surface area (Å²) in [5, 5.41) is 6.97. The number of aromatic nitrogens is 2. The third-order valence-electron chi connectivity index (χ3n) is 5.57. The van der Waals surface area contributed by atoms with Crippen LogP contribution < -0.4 is 5.32 Å². The number of carbonyl (C=O) groups is 2. The van der Waals surface area contributed by atoms with Gasteiger partial charge in [0.1, 0.15) is 6.04 Å². The first-order valence-corrected chi connectivity index (χ1v) is 10.5. The highest BCUT2D eigenvalue weighted by atomic mass is 32.2. The van der Waals surface area contributed by atoms with Crippen LogP contribution in [0.4, 0.5) is 18.9 Å². The van der Waals surface area contributed by atoms with Crippen molar-refractivity contribution >= 4 is 29.3 Å². The van der Waals surface area contributed by atoms with Crippen LogP contribution in [0.25, 0.3) is 5.69 Å². The van der Waals surface area contributed by atoms with E-state index in [1.807, 2.05) is 6.92 Å². The molecule has 0 radical (unpaired) electrons. The second kappa shape index (κ2) is 7.04. The Bertz CT molecular complexity index is 1040. The predicted octanol–water partition coefficient (Wildman–Crippen LogP) is 3.90. The van der Waals surface area contributed by atoms with Crippen molar-refractivity contribution in [1.29, 1.82) is 0 Å². The van der Waals surface area contributed by atoms with Crippen LogP contribution in [0.15, 0.2) is 24.3 Å². The van der Waals surface area contributed by atoms with Gasteiger partial charge in [-0.2, -0.15) is 18.3 Å². The Kier molecular flexibility index (Phi) is 4.87. The zero-order valence-electron chi connectivity index (χ0n) is 16.7. The van der Waals surface area contributed by atoms with Crippen molar-refractivity contribution in [2.24, 2.45) is 0 Å². The number of nitrogens with zero attached hydrogens (tertiary/aromatic N) is 3. The van der Waals surface area contributed by atoms with E-state index >= 15 is 0 Å². The molecule has 6 nitrogen and oxygen atoms in total. The van der Waals surface area contributed by atoms with Gasteiger partial charge in [-0.15, -0.1) is 11.8 Å². The van der Waals surface area contributed by atoms with Gasteiger partial charge in [-0.25, -0.2) is 4.68 Å². The van der Waals surface area contributed by atoms with E-state index in [-0.39, 0.29) is 11.6 Å². The second-order valence-electron chi connectivity index (χ2n) is 7.82. The predicted molar refractivity (Wildman–Crippen MR) is 107 cm³/mol. The fourth-order valence-electron chi connectivity index (χ4n) is 4.10. The smallest absolute Gasteiger partial charge is 0.322 e. The van der Waals surface area contributed by atoms with Gasteiger partial charge in [-0.1, -0.05) is 0 Å². The first-order valence-electron chi connectivity index (χ1n) is 9.51. The number of benzene rings is 1. The molecular formula is C20H21F3N4O2S. The number of carbonyl (C=O) groups excluding carboxylic acids is 2. The summed E-state index contributed by atoms with van der Waals surface area (Å²) < 4.78 is 41.4. The molecule has 0 saturated carbocycles. The van der Waals surface area contributed by atoms with Crippen LogP contribution in [0.3, 0.4) is 0 Å². The Morgan fingerprint density at radius 3 is 2.67 bits per heavy atom. The lowest BCUT2D eigenvalue weighted by Gasteiger charge is -2.30. The molecule has 2 unspecified atom stereocenters. The molecule has 160 valence electrons. The Morgan fingerprint density at radius 1 is 1.30 bits per heavy atom. The lowest BCUT2D eigenvalue weighted by atomic mass is 10.1. The van der Waals surface area contributed by atoms with E-state index in [0.717, 1.165) is 17.8 Å². The molecule has 2 amide bonds. The third-order valence-corrected chi connectivity index (χ3v) is 7.07. The third kappa shape index (κ3) is 3.46. The molecule has 0 spiro atoms. The summed E-state index contributed by atoms with van der Waals surface area (Å²) in [4.78, 5) is 26.5. The van der Waals surface area contributed by atoms with Gasteiger partial charge >= 0.3 is 6.18 Å². The molecule has 2 aliphatic rings. The molecule has 2 aliphatic heterocycles. The van der Waals surface area contributed by atoms with Crippen molar-refractivity contribution in [3.63, 3.8) is 0 Å². The van der Waals surface area contributed by atoms with Gasteiger partial charge in [0, 0.05) is 17.9 Å². The molecule has 1 aromatic heterocycles. The van der Waals surface area contributed by atoms with Crippen LogP contribution in [0.2, 0.25) is 0 Å². The van der Waals surface area contributed by atoms with Crippen molar-refractivity contribution in [1.82, 2.24) is 14.7 Å². The maximum atomic E-state index is 13.3. The summed E-state index contributed by atoms with van der Waals surface area (Å²) in [6.45, 7) is 5.48. The van der Waals surface area contributed by atoms with Gasteiger partial charge in [0.2, 0.25) is 11.8 Å². The number of hydrogen-bond acceptors (Lipinski definition) is 4. The average Bonchev–Trinajstić information content (AvgIpc) is 3.27. The van der Waals surface area contributed by atoms with Gasteiger partial charge in [-0.05, 0) is 51.5 Å². The lowest BCUT2D eigenvalue weighted by molar-refractivity contribution is -0.137. The summed E-state index contributed by atoms with van der Waals surface area (Å²) in [5.41, 5.74) is 0.900. The number of hydrogen-bond donors (Lipinski definition) is 1. The van der Waals surface area contributed by atoms with Crippen LogP contribution in [0, 0.1) is 13.8 Å². The number of anilines is 1. The van der Waals surface area contributed by atoms with Gasteiger partial charge in [0.05, 0.1) is 27.5 Å². The number of nitrogens with one attached hydrogen (secondary N) is 1. The van der Waals surface area contributed by atoms with Crippen molar-refractivity contribution in [3.05, 3.63) is 41.2 Å². The van der Waals surface area contributed by atoms with Crippen molar-refractivity contribution in [2.75, 3.05) is 11.1 Å². The maximum absolute atomic E-state index is 13.3. The fourth-order valence-corrected chi connectivity index (χ4v) is 5.53. The fraction of sp³-hybridized carbons (Fsp3) is 0.450. The van der Waals surface area contributed by atoms with Gasteiger partial charge in [0.25, 0.3) is 0 Å². The van der Waals surface area contributed by atoms with Gasteiger partial charge in [0.15, 0.2) is 0 Å². The molecule has 1 N–H and O–H groups in total. The van der Waals surface area contributed by atoms with Crippen LogP contribution in [-0.2, 0) is 15.8 Å². The van der Waals surface area contributed by atoms with E-state index in [2.05, 4.69) is 10.4 Å². The minimum Gasteiger partial charge on any atom is -0.322 e. The van der Waals surface area contributed by atoms with Crippen molar-refractivity contribution < 1.29 is 22.8 Å². The average molecular weight is 438 g/mol. The maximum Gasteiger partial charge on any atom is 0.416 e. The Morgan fingerprint density at radius 2 is 2.03 bits per heavy atom. The number of alkyl halides is 3. The lowest BCUT2D eigenvalue weighted by Crippen LogP contribution is -2.48. The first-order chi connectivity index (χ1) is 14.0. The molecule has 4 rings (SSSR count). The molecule has 30 heavy (non-hydrogen) atoms. The number of thioether (sulfide) groups is 1. The second-order valence-corrected chi connectivity index (χ2v) is 9.32. The largest absolute Gasteiger partial charge is 0.416 e. The van der Waals surface area contributed by atoms with Gasteiger partial charge in [-0.3, -0.25) is 9.59 Å². The van der Waals surface area contributed by atoms with E-state index in [1.54, 1.807) is 24.8 Å². The standard InChI is InChI=1S/C20H21F3N4O2S/c1-11-8-12(2)27(25-11)15-5-4-13(20(21,22)23)9-14(15)24-18(29)16-10-30-19(3)7-6-17(28)26(16)19/h4-5,8-9,16H,6-7,10H2,1-3H3,(H,24,29). The summed E-state index contributed by atoms with van der Waals surface area (Å²) >= 11 is 1.53. The Balaban J connectivity index is 1.71. The van der Waals surface area contributed by atoms with E-state index in [0.29, 0.717) is 30.0 Å². The van der Waals surface area contributed by atoms with E-state index in [4.69, 9.17) is 0 Å². The SMILES string of the molecule is Cc1cc(C)n(-c2ccc(C(F)(F)F)cc2NC(=O)C2CSC3(C)CCC(=O)N23)n1. The quantitative estimate of drug-likeness (QED) is 0.789. The Hall–Kier alpha value is -2.49. The van der Waals surface area contributed by atoms with Crippen LogP contribution in [-0.4, -0.2) is 43.2 Å². The molecule has 2 atom stereocenters. The molecule has 2 fully saturated rings. The molecule has 2 saturated heterocycles. The Labute approximate surface area is 175 Å². The number of rotatable bonds is 3. The first kappa shape index (κ1) is 20.8. The van der Waals surface area contributed by atoms with Crippen molar-refractivity contribution in [2.45, 2.75) is 50.7 Å². The zero-order chi connectivity index (χ0) is 21.8. The highest BCUT2D eigenvalue weighted by molar-refractivity contribution is 8.01. The molecule has 3 heterocycles. The van der Waals surface area contributed by atoms with E-state index < -0.39 is 28.6 Å². The molecule has 0 bridgehead atoms. The van der Waals surface area contributed by atoms with Crippen LogP contribution in [0.1, 0.15) is 36.7 Å². The van der Waals surface area contributed by atoms with Crippen LogP contribution in [0.5, 0.6) is 0 Å². The van der Waals surface area contributed by atoms with E-state index in [1.165, 1.54) is 22.5 Å². The van der Waals surface area contributed by atoms with Gasteiger partial charge < -0.3 is 10.2 Å². The van der Waals surface area contributed by atoms with E-state index in [9.17, 15) is 22.8 Å². The van der Waals surface area contributed by atoms with Crippen LogP contribution >= 0.6 is 11.8 Å². The number of amides is 2. The minimum atomic E-state index is -4.56. The highest BCUT2D eigenvalue weighted by Gasteiger charge is 2.53. The summed E-state index contributed by atoms with van der Waals surface area (Å²) in [6, 6.07) is 4.25. The summed E-state index contributed by atoms with van der Waals surface area (Å²) in [6.07, 6.45) is -3.53. The minimum absolute atomic E-state index is 0.00581. The summed E-state index contributed by atoms with van der Waals surface area (Å²) in [7, 11) is 0. The molecular weight excluding hydrogens is 417 g/mol. The molecule has 0 aliphatic carbocycles. The highest BCUT2D eigenvalue weighted by Crippen LogP contribution is 2.47. The van der Waals surface area contributed by atoms with Crippen molar-refractivity contribution in [3.8, 4) is 5.69 Å². The zero-order valence-corrected chi connectivity index (χ0v) is 17.5. The number of aryl methyl sites for hydroxylation is 2.